The van der Waals surface area contributed by atoms with Crippen molar-refractivity contribution < 1.29 is 0 Å². The molecule has 3 rings (SSSR count). The van der Waals surface area contributed by atoms with Crippen molar-refractivity contribution in [3.8, 4) is 0 Å². The maximum absolute atomic E-state index is 4.51. The average molecular weight is 268 g/mol. The van der Waals surface area contributed by atoms with Gasteiger partial charge in [-0.3, -0.25) is 0 Å². The minimum atomic E-state index is 0.767. The highest BCUT2D eigenvalue weighted by Crippen LogP contribution is 2.28. The summed E-state index contributed by atoms with van der Waals surface area (Å²) in [4.78, 5) is 8.90. The summed E-state index contributed by atoms with van der Waals surface area (Å²) in [5.41, 5.74) is 5.10. The van der Waals surface area contributed by atoms with Crippen molar-refractivity contribution in [3.63, 3.8) is 0 Å². The van der Waals surface area contributed by atoms with Gasteiger partial charge in [-0.25, -0.2) is 9.97 Å². The minimum absolute atomic E-state index is 0.767. The number of aromatic nitrogens is 2. The van der Waals surface area contributed by atoms with Crippen LogP contribution < -0.4 is 10.6 Å². The average Bonchev–Trinajstić information content (AvgIpc) is 2.90. The number of aryl methyl sites for hydroxylation is 3. The third kappa shape index (κ3) is 2.33. The Labute approximate surface area is 119 Å². The number of fused-ring (bicyclic) bond motifs is 1. The molecule has 2 N–H and O–H groups in total. The van der Waals surface area contributed by atoms with Crippen LogP contribution in [-0.4, -0.2) is 17.0 Å². The summed E-state index contributed by atoms with van der Waals surface area (Å²) in [6.45, 7) is 3.94. The van der Waals surface area contributed by atoms with E-state index in [2.05, 4.69) is 38.8 Å². The van der Waals surface area contributed by atoms with Crippen LogP contribution in [0.2, 0.25) is 0 Å². The van der Waals surface area contributed by atoms with Crippen molar-refractivity contribution in [2.24, 2.45) is 0 Å². The highest BCUT2D eigenvalue weighted by Gasteiger charge is 2.12. The zero-order valence-electron chi connectivity index (χ0n) is 12.2. The molecule has 1 aromatic heterocycles. The van der Waals surface area contributed by atoms with Gasteiger partial charge in [-0.1, -0.05) is 6.07 Å². The summed E-state index contributed by atoms with van der Waals surface area (Å²) >= 11 is 0. The SMILES string of the molecule is CNc1nc(C)nc(Nc2ccc3c(c2)CCC3)c1C. The number of anilines is 3. The second-order valence-electron chi connectivity index (χ2n) is 5.31. The number of hydrogen-bond donors (Lipinski definition) is 2. The third-order valence-electron chi connectivity index (χ3n) is 3.86. The fourth-order valence-corrected chi connectivity index (χ4v) is 2.78. The first kappa shape index (κ1) is 12.9. The standard InChI is InChI=1S/C16H20N4/c1-10-15(17-3)18-11(2)19-16(10)20-14-8-7-12-5-4-6-13(12)9-14/h7-9H,4-6H2,1-3H3,(H2,17,18,19,20). The lowest BCUT2D eigenvalue weighted by molar-refractivity contribution is 0.912. The van der Waals surface area contributed by atoms with Gasteiger partial charge in [0, 0.05) is 18.3 Å². The zero-order chi connectivity index (χ0) is 14.1. The van der Waals surface area contributed by atoms with E-state index in [4.69, 9.17) is 0 Å². The Balaban J connectivity index is 1.93. The van der Waals surface area contributed by atoms with E-state index in [9.17, 15) is 0 Å². The van der Waals surface area contributed by atoms with E-state index in [1.807, 2.05) is 20.9 Å². The van der Waals surface area contributed by atoms with Gasteiger partial charge in [0.25, 0.3) is 0 Å². The van der Waals surface area contributed by atoms with Crippen molar-refractivity contribution in [2.75, 3.05) is 17.7 Å². The fourth-order valence-electron chi connectivity index (χ4n) is 2.78. The molecule has 0 spiro atoms. The summed E-state index contributed by atoms with van der Waals surface area (Å²) < 4.78 is 0. The summed E-state index contributed by atoms with van der Waals surface area (Å²) in [6.07, 6.45) is 3.67. The van der Waals surface area contributed by atoms with Crippen LogP contribution in [-0.2, 0) is 12.8 Å². The molecule has 2 aromatic rings. The van der Waals surface area contributed by atoms with Crippen molar-refractivity contribution >= 4 is 17.3 Å². The minimum Gasteiger partial charge on any atom is -0.373 e. The van der Waals surface area contributed by atoms with Gasteiger partial charge in [0.05, 0.1) is 0 Å². The van der Waals surface area contributed by atoms with Crippen molar-refractivity contribution in [2.45, 2.75) is 33.1 Å². The lowest BCUT2D eigenvalue weighted by Gasteiger charge is -2.13. The first-order chi connectivity index (χ1) is 9.67. The van der Waals surface area contributed by atoms with E-state index in [1.165, 1.54) is 30.4 Å². The van der Waals surface area contributed by atoms with Crippen LogP contribution in [0.1, 0.15) is 28.9 Å². The first-order valence-electron chi connectivity index (χ1n) is 7.09. The van der Waals surface area contributed by atoms with Gasteiger partial charge >= 0.3 is 0 Å². The Hall–Kier alpha value is -2.10. The maximum Gasteiger partial charge on any atom is 0.139 e. The molecule has 1 aliphatic carbocycles. The second-order valence-corrected chi connectivity index (χ2v) is 5.31. The monoisotopic (exact) mass is 268 g/mol. The number of benzene rings is 1. The molecule has 104 valence electrons. The molecule has 1 heterocycles. The zero-order valence-corrected chi connectivity index (χ0v) is 12.2. The molecule has 1 aliphatic rings. The molecule has 4 nitrogen and oxygen atoms in total. The number of nitrogens with zero attached hydrogens (tertiary/aromatic N) is 2. The van der Waals surface area contributed by atoms with Gasteiger partial charge in [0.15, 0.2) is 0 Å². The van der Waals surface area contributed by atoms with Crippen LogP contribution in [0, 0.1) is 13.8 Å². The van der Waals surface area contributed by atoms with Gasteiger partial charge in [-0.15, -0.1) is 0 Å². The van der Waals surface area contributed by atoms with Crippen LogP contribution in [0.4, 0.5) is 17.3 Å². The molecule has 0 saturated carbocycles. The number of rotatable bonds is 3. The molecule has 20 heavy (non-hydrogen) atoms. The van der Waals surface area contributed by atoms with Gasteiger partial charge in [-0.05, 0) is 56.4 Å². The summed E-state index contributed by atoms with van der Waals surface area (Å²) in [5, 5.41) is 6.54. The molecular weight excluding hydrogens is 248 g/mol. The molecule has 1 aromatic carbocycles. The van der Waals surface area contributed by atoms with Gasteiger partial charge in [-0.2, -0.15) is 0 Å². The van der Waals surface area contributed by atoms with E-state index in [0.717, 1.165) is 28.7 Å². The van der Waals surface area contributed by atoms with Crippen LogP contribution in [0.15, 0.2) is 18.2 Å². The second kappa shape index (κ2) is 5.12. The Morgan fingerprint density at radius 2 is 1.75 bits per heavy atom. The highest BCUT2D eigenvalue weighted by atomic mass is 15.1. The summed E-state index contributed by atoms with van der Waals surface area (Å²) in [7, 11) is 1.88. The fraction of sp³-hybridized carbons (Fsp3) is 0.375. The summed E-state index contributed by atoms with van der Waals surface area (Å²) in [6, 6.07) is 6.62. The number of nitrogens with one attached hydrogen (secondary N) is 2. The van der Waals surface area contributed by atoms with E-state index >= 15 is 0 Å². The van der Waals surface area contributed by atoms with Crippen LogP contribution in [0.3, 0.4) is 0 Å². The van der Waals surface area contributed by atoms with Gasteiger partial charge in [0.1, 0.15) is 17.5 Å². The van der Waals surface area contributed by atoms with E-state index in [-0.39, 0.29) is 0 Å². The van der Waals surface area contributed by atoms with Crippen molar-refractivity contribution in [1.29, 1.82) is 0 Å². The molecule has 0 radical (unpaired) electrons. The molecule has 0 fully saturated rings. The molecule has 0 bridgehead atoms. The number of hydrogen-bond acceptors (Lipinski definition) is 4. The first-order valence-corrected chi connectivity index (χ1v) is 7.09. The molecule has 4 heteroatoms. The van der Waals surface area contributed by atoms with Gasteiger partial charge in [0.2, 0.25) is 0 Å². The normalized spacial score (nSPS) is 13.2. The van der Waals surface area contributed by atoms with Gasteiger partial charge < -0.3 is 10.6 Å². The Morgan fingerprint density at radius 1 is 1.00 bits per heavy atom. The van der Waals surface area contributed by atoms with Crippen LogP contribution >= 0.6 is 0 Å². The smallest absolute Gasteiger partial charge is 0.139 e. The maximum atomic E-state index is 4.51. The topological polar surface area (TPSA) is 49.8 Å². The molecule has 0 unspecified atom stereocenters. The molecule has 0 atom stereocenters. The molecular formula is C16H20N4. The van der Waals surface area contributed by atoms with Crippen LogP contribution in [0.5, 0.6) is 0 Å². The quantitative estimate of drug-likeness (QED) is 0.896. The Kier molecular flexibility index (Phi) is 3.30. The highest BCUT2D eigenvalue weighted by molar-refractivity contribution is 5.65. The summed E-state index contributed by atoms with van der Waals surface area (Å²) in [5.74, 6) is 2.52. The van der Waals surface area contributed by atoms with E-state index < -0.39 is 0 Å². The predicted octanol–water partition coefficient (Wildman–Crippen LogP) is 3.37. The largest absolute Gasteiger partial charge is 0.373 e. The van der Waals surface area contributed by atoms with Crippen molar-refractivity contribution in [3.05, 3.63) is 40.7 Å². The molecule has 0 aliphatic heterocycles. The lowest BCUT2D eigenvalue weighted by Crippen LogP contribution is -2.05. The van der Waals surface area contributed by atoms with Crippen LogP contribution in [0.25, 0.3) is 0 Å². The predicted molar refractivity (Wildman–Crippen MR) is 82.8 cm³/mol. The Bertz CT molecular complexity index is 649. The van der Waals surface area contributed by atoms with Crippen molar-refractivity contribution in [1.82, 2.24) is 9.97 Å². The lowest BCUT2D eigenvalue weighted by atomic mass is 10.1. The molecule has 0 saturated heterocycles. The van der Waals surface area contributed by atoms with E-state index in [0.29, 0.717) is 0 Å². The van der Waals surface area contributed by atoms with E-state index in [1.54, 1.807) is 0 Å². The third-order valence-corrected chi connectivity index (χ3v) is 3.86. The molecule has 0 amide bonds. The Morgan fingerprint density at radius 3 is 2.55 bits per heavy atom.